The van der Waals surface area contributed by atoms with Crippen LogP contribution in [0.1, 0.15) is 23.4 Å². The molecule has 3 heterocycles. The highest BCUT2D eigenvalue weighted by Gasteiger charge is 2.25. The van der Waals surface area contributed by atoms with Crippen molar-refractivity contribution in [2.75, 3.05) is 39.4 Å². The average molecular weight is 412 g/mol. The number of hydrogen-bond acceptors (Lipinski definition) is 5. The van der Waals surface area contributed by atoms with Crippen molar-refractivity contribution in [1.29, 1.82) is 0 Å². The van der Waals surface area contributed by atoms with Gasteiger partial charge < -0.3 is 19.9 Å². The van der Waals surface area contributed by atoms with E-state index in [-0.39, 0.29) is 11.9 Å². The number of hydrogen-bond donors (Lipinski definition) is 1. The summed E-state index contributed by atoms with van der Waals surface area (Å²) in [4.78, 5) is 28.6. The standard InChI is InChI=1S/C21H28N6O3/c28-20(25-12-14-30-15-13-25)7-6-18-19-16-26(10-11-27(19)24-23-18)21(29)22-9-8-17-4-2-1-3-5-17/h1-5H,6-16H2,(H,22,29). The molecule has 30 heavy (non-hydrogen) atoms. The summed E-state index contributed by atoms with van der Waals surface area (Å²) in [5.41, 5.74) is 2.93. The van der Waals surface area contributed by atoms with Crippen molar-refractivity contribution >= 4 is 11.9 Å². The Morgan fingerprint density at radius 1 is 1.00 bits per heavy atom. The van der Waals surface area contributed by atoms with Gasteiger partial charge in [-0.3, -0.25) is 4.79 Å². The summed E-state index contributed by atoms with van der Waals surface area (Å²) in [6.45, 7) is 4.77. The Morgan fingerprint density at radius 3 is 2.60 bits per heavy atom. The SMILES string of the molecule is O=C(CCc1nnn2c1CN(C(=O)NCCc1ccccc1)CC2)N1CCOCC1. The van der Waals surface area contributed by atoms with E-state index in [0.717, 1.165) is 17.8 Å². The van der Waals surface area contributed by atoms with Crippen molar-refractivity contribution in [2.24, 2.45) is 0 Å². The minimum atomic E-state index is -0.0753. The average Bonchev–Trinajstić information content (AvgIpc) is 3.21. The first kappa shape index (κ1) is 20.3. The number of morpholine rings is 1. The van der Waals surface area contributed by atoms with Gasteiger partial charge in [0.25, 0.3) is 0 Å². The van der Waals surface area contributed by atoms with Crippen LogP contribution in [0, 0.1) is 0 Å². The Labute approximate surface area is 176 Å². The lowest BCUT2D eigenvalue weighted by Gasteiger charge is -2.28. The minimum absolute atomic E-state index is 0.0753. The Morgan fingerprint density at radius 2 is 1.80 bits per heavy atom. The maximum atomic E-state index is 12.6. The first-order valence-electron chi connectivity index (χ1n) is 10.5. The fourth-order valence-corrected chi connectivity index (χ4v) is 3.83. The van der Waals surface area contributed by atoms with Crippen molar-refractivity contribution in [3.8, 4) is 0 Å². The maximum Gasteiger partial charge on any atom is 0.317 e. The van der Waals surface area contributed by atoms with Gasteiger partial charge in [-0.1, -0.05) is 35.5 Å². The molecular formula is C21H28N6O3. The molecule has 2 aromatic rings. The van der Waals surface area contributed by atoms with E-state index in [1.807, 2.05) is 27.8 Å². The number of aromatic nitrogens is 3. The van der Waals surface area contributed by atoms with Crippen LogP contribution >= 0.6 is 0 Å². The largest absolute Gasteiger partial charge is 0.378 e. The lowest BCUT2D eigenvalue weighted by molar-refractivity contribution is -0.135. The van der Waals surface area contributed by atoms with Gasteiger partial charge in [-0.2, -0.15) is 0 Å². The molecule has 0 spiro atoms. The minimum Gasteiger partial charge on any atom is -0.378 e. The highest BCUT2D eigenvalue weighted by Crippen LogP contribution is 2.17. The number of benzene rings is 1. The van der Waals surface area contributed by atoms with E-state index < -0.39 is 0 Å². The molecule has 0 unspecified atom stereocenters. The van der Waals surface area contributed by atoms with Crippen molar-refractivity contribution in [2.45, 2.75) is 32.4 Å². The van der Waals surface area contributed by atoms with Gasteiger partial charge >= 0.3 is 6.03 Å². The summed E-state index contributed by atoms with van der Waals surface area (Å²) in [6, 6.07) is 10.0. The van der Waals surface area contributed by atoms with Crippen LogP contribution in [0.25, 0.3) is 0 Å². The number of ether oxygens (including phenoxy) is 1. The molecule has 0 radical (unpaired) electrons. The number of fused-ring (bicyclic) bond motifs is 1. The number of aryl methyl sites for hydroxylation is 1. The van der Waals surface area contributed by atoms with Crippen LogP contribution in [-0.4, -0.2) is 76.1 Å². The van der Waals surface area contributed by atoms with Gasteiger partial charge in [0.15, 0.2) is 0 Å². The zero-order valence-electron chi connectivity index (χ0n) is 17.1. The van der Waals surface area contributed by atoms with E-state index >= 15 is 0 Å². The molecule has 160 valence electrons. The molecule has 3 amide bonds. The fourth-order valence-electron chi connectivity index (χ4n) is 3.83. The molecule has 9 heteroatoms. The zero-order chi connectivity index (χ0) is 20.8. The summed E-state index contributed by atoms with van der Waals surface area (Å²) in [5.74, 6) is 0.117. The highest BCUT2D eigenvalue weighted by molar-refractivity contribution is 5.76. The fraction of sp³-hybridized carbons (Fsp3) is 0.524. The summed E-state index contributed by atoms with van der Waals surface area (Å²) < 4.78 is 7.15. The Bertz CT molecular complexity index is 863. The number of nitrogens with zero attached hydrogens (tertiary/aromatic N) is 5. The van der Waals surface area contributed by atoms with E-state index in [0.29, 0.717) is 65.3 Å². The molecular weight excluding hydrogens is 384 g/mol. The first-order chi connectivity index (χ1) is 14.7. The quantitative estimate of drug-likeness (QED) is 0.759. The molecule has 1 N–H and O–H groups in total. The number of carbonyl (C=O) groups excluding carboxylic acids is 2. The Hall–Kier alpha value is -2.94. The number of carbonyl (C=O) groups is 2. The monoisotopic (exact) mass is 412 g/mol. The third-order valence-corrected chi connectivity index (χ3v) is 5.60. The molecule has 1 saturated heterocycles. The van der Waals surface area contributed by atoms with Crippen LogP contribution in [0.3, 0.4) is 0 Å². The van der Waals surface area contributed by atoms with Crippen molar-refractivity contribution in [3.63, 3.8) is 0 Å². The van der Waals surface area contributed by atoms with Crippen molar-refractivity contribution in [3.05, 3.63) is 47.3 Å². The molecule has 0 atom stereocenters. The lowest BCUT2D eigenvalue weighted by atomic mass is 10.1. The molecule has 0 saturated carbocycles. The van der Waals surface area contributed by atoms with E-state index in [1.165, 1.54) is 5.56 Å². The van der Waals surface area contributed by atoms with Crippen molar-refractivity contribution < 1.29 is 14.3 Å². The molecule has 1 aromatic heterocycles. The van der Waals surface area contributed by atoms with Crippen LogP contribution in [-0.2, 0) is 35.5 Å². The smallest absolute Gasteiger partial charge is 0.317 e. The predicted octanol–water partition coefficient (Wildman–Crippen LogP) is 0.837. The second-order valence-electron chi connectivity index (χ2n) is 7.59. The van der Waals surface area contributed by atoms with Gasteiger partial charge in [-0.05, 0) is 12.0 Å². The highest BCUT2D eigenvalue weighted by atomic mass is 16.5. The van der Waals surface area contributed by atoms with E-state index in [2.05, 4.69) is 27.8 Å². The topological polar surface area (TPSA) is 92.6 Å². The van der Waals surface area contributed by atoms with Crippen molar-refractivity contribution in [1.82, 2.24) is 30.1 Å². The van der Waals surface area contributed by atoms with Gasteiger partial charge in [-0.15, -0.1) is 5.10 Å². The van der Waals surface area contributed by atoms with E-state index in [9.17, 15) is 9.59 Å². The van der Waals surface area contributed by atoms with Crippen LogP contribution < -0.4 is 5.32 Å². The number of rotatable bonds is 6. The van der Waals surface area contributed by atoms with E-state index in [4.69, 9.17) is 4.74 Å². The van der Waals surface area contributed by atoms with E-state index in [1.54, 1.807) is 4.90 Å². The summed E-state index contributed by atoms with van der Waals surface area (Å²) in [7, 11) is 0. The Kier molecular flexibility index (Phi) is 6.58. The number of nitrogens with one attached hydrogen (secondary N) is 1. The van der Waals surface area contributed by atoms with Gasteiger partial charge in [0.05, 0.1) is 37.7 Å². The Balaban J connectivity index is 1.28. The maximum absolute atomic E-state index is 12.6. The first-order valence-corrected chi connectivity index (χ1v) is 10.5. The van der Waals surface area contributed by atoms with Gasteiger partial charge in [0, 0.05) is 39.0 Å². The third kappa shape index (κ3) is 4.96. The predicted molar refractivity (Wildman–Crippen MR) is 110 cm³/mol. The number of amides is 3. The lowest BCUT2D eigenvalue weighted by Crippen LogP contribution is -2.45. The van der Waals surface area contributed by atoms with Gasteiger partial charge in [0.2, 0.25) is 5.91 Å². The molecule has 0 aliphatic carbocycles. The van der Waals surface area contributed by atoms with Crippen LogP contribution in [0.4, 0.5) is 4.79 Å². The molecule has 1 aromatic carbocycles. The van der Waals surface area contributed by atoms with Crippen LogP contribution in [0.15, 0.2) is 30.3 Å². The second kappa shape index (κ2) is 9.71. The molecule has 0 bridgehead atoms. The zero-order valence-corrected chi connectivity index (χ0v) is 17.1. The summed E-state index contributed by atoms with van der Waals surface area (Å²) >= 11 is 0. The normalized spacial score (nSPS) is 16.3. The molecule has 4 rings (SSSR count). The summed E-state index contributed by atoms with van der Waals surface area (Å²) in [5, 5.41) is 11.5. The van der Waals surface area contributed by atoms with Crippen LogP contribution in [0.2, 0.25) is 0 Å². The second-order valence-corrected chi connectivity index (χ2v) is 7.59. The number of urea groups is 1. The molecule has 9 nitrogen and oxygen atoms in total. The van der Waals surface area contributed by atoms with Crippen LogP contribution in [0.5, 0.6) is 0 Å². The van der Waals surface area contributed by atoms with Gasteiger partial charge in [0.1, 0.15) is 0 Å². The molecule has 2 aliphatic rings. The summed E-state index contributed by atoms with van der Waals surface area (Å²) in [6.07, 6.45) is 1.73. The third-order valence-electron chi connectivity index (χ3n) is 5.60. The molecule has 1 fully saturated rings. The van der Waals surface area contributed by atoms with Gasteiger partial charge in [-0.25, -0.2) is 9.48 Å². The molecule has 2 aliphatic heterocycles.